The van der Waals surface area contributed by atoms with Gasteiger partial charge in [-0.3, -0.25) is 4.79 Å². The molecule has 0 aliphatic heterocycles. The minimum atomic E-state index is -0.117. The van der Waals surface area contributed by atoms with Crippen molar-refractivity contribution >= 4 is 5.91 Å². The molecule has 2 heterocycles. The van der Waals surface area contributed by atoms with E-state index in [2.05, 4.69) is 20.3 Å². The van der Waals surface area contributed by atoms with E-state index in [0.717, 1.165) is 12.2 Å². The molecule has 3 N–H and O–H groups in total. The average Bonchev–Trinajstić information content (AvgIpc) is 2.96. The summed E-state index contributed by atoms with van der Waals surface area (Å²) >= 11 is 0. The molecule has 2 aromatic rings. The van der Waals surface area contributed by atoms with E-state index >= 15 is 0 Å². The predicted molar refractivity (Wildman–Crippen MR) is 59.9 cm³/mol. The van der Waals surface area contributed by atoms with Crippen LogP contribution in [0, 0.1) is 0 Å². The molecule has 0 saturated carbocycles. The first-order chi connectivity index (χ1) is 7.81. The van der Waals surface area contributed by atoms with Crippen LogP contribution < -0.4 is 5.32 Å². The predicted octanol–water partition coefficient (Wildman–Crippen LogP) is 1.62. The number of hydrogen-bond donors (Lipinski definition) is 3. The van der Waals surface area contributed by atoms with Gasteiger partial charge in [0.05, 0.1) is 6.04 Å². The number of amides is 1. The Morgan fingerprint density at radius 3 is 2.94 bits per heavy atom. The van der Waals surface area contributed by atoms with E-state index in [1.165, 1.54) is 0 Å². The highest BCUT2D eigenvalue weighted by Crippen LogP contribution is 2.11. The van der Waals surface area contributed by atoms with Gasteiger partial charge in [-0.05, 0) is 18.6 Å². The normalized spacial score (nSPS) is 12.3. The number of H-pyrrole nitrogens is 2. The molecular formula is C11H14N4O. The molecule has 1 amide bonds. The molecule has 16 heavy (non-hydrogen) atoms. The van der Waals surface area contributed by atoms with Gasteiger partial charge < -0.3 is 15.3 Å². The Morgan fingerprint density at radius 1 is 1.50 bits per heavy atom. The molecule has 0 aliphatic carbocycles. The van der Waals surface area contributed by atoms with Crippen LogP contribution in [0.5, 0.6) is 0 Å². The van der Waals surface area contributed by atoms with Crippen molar-refractivity contribution in [2.75, 3.05) is 0 Å². The highest BCUT2D eigenvalue weighted by Gasteiger charge is 2.15. The second-order valence-corrected chi connectivity index (χ2v) is 3.49. The van der Waals surface area contributed by atoms with Gasteiger partial charge in [-0.25, -0.2) is 4.98 Å². The van der Waals surface area contributed by atoms with Crippen LogP contribution in [0.3, 0.4) is 0 Å². The minimum Gasteiger partial charge on any atom is -0.357 e. The van der Waals surface area contributed by atoms with Crippen molar-refractivity contribution in [2.45, 2.75) is 19.4 Å². The number of aromatic nitrogens is 3. The minimum absolute atomic E-state index is 0.0780. The summed E-state index contributed by atoms with van der Waals surface area (Å²) in [5.74, 6) is 0.663. The zero-order valence-electron chi connectivity index (χ0n) is 9.03. The highest BCUT2D eigenvalue weighted by atomic mass is 16.1. The van der Waals surface area contributed by atoms with Crippen LogP contribution in [-0.2, 0) is 0 Å². The fraction of sp³-hybridized carbons (Fsp3) is 0.273. The van der Waals surface area contributed by atoms with Crippen molar-refractivity contribution in [2.24, 2.45) is 0 Å². The number of nitrogens with zero attached hydrogens (tertiary/aromatic N) is 1. The Bertz CT molecular complexity index is 433. The molecule has 0 fully saturated rings. The smallest absolute Gasteiger partial charge is 0.268 e. The first-order valence-corrected chi connectivity index (χ1v) is 5.24. The Balaban J connectivity index is 2.05. The summed E-state index contributed by atoms with van der Waals surface area (Å²) in [6.45, 7) is 2.00. The second-order valence-electron chi connectivity index (χ2n) is 3.49. The van der Waals surface area contributed by atoms with Crippen LogP contribution in [0.4, 0.5) is 0 Å². The molecule has 0 aliphatic rings. The Morgan fingerprint density at radius 2 is 2.38 bits per heavy atom. The quantitative estimate of drug-likeness (QED) is 0.729. The maximum Gasteiger partial charge on any atom is 0.268 e. The van der Waals surface area contributed by atoms with Crippen LogP contribution in [0.1, 0.15) is 35.7 Å². The fourth-order valence-electron chi connectivity index (χ4n) is 1.54. The molecule has 0 bridgehead atoms. The molecule has 1 atom stereocenters. The van der Waals surface area contributed by atoms with Crippen molar-refractivity contribution in [3.05, 3.63) is 42.2 Å². The van der Waals surface area contributed by atoms with Crippen LogP contribution >= 0.6 is 0 Å². The van der Waals surface area contributed by atoms with Gasteiger partial charge in [0.25, 0.3) is 5.91 Å². The van der Waals surface area contributed by atoms with Gasteiger partial charge in [-0.1, -0.05) is 6.92 Å². The van der Waals surface area contributed by atoms with E-state index in [9.17, 15) is 4.79 Å². The van der Waals surface area contributed by atoms with Crippen molar-refractivity contribution in [1.29, 1.82) is 0 Å². The lowest BCUT2D eigenvalue weighted by Crippen LogP contribution is -2.29. The van der Waals surface area contributed by atoms with E-state index in [1.807, 2.05) is 6.92 Å². The fourth-order valence-corrected chi connectivity index (χ4v) is 1.54. The number of aromatic amines is 2. The van der Waals surface area contributed by atoms with E-state index in [0.29, 0.717) is 5.69 Å². The molecule has 84 valence electrons. The van der Waals surface area contributed by atoms with Crippen LogP contribution in [0.15, 0.2) is 30.7 Å². The number of nitrogens with one attached hydrogen (secondary N) is 3. The van der Waals surface area contributed by atoms with Crippen molar-refractivity contribution in [1.82, 2.24) is 20.3 Å². The zero-order chi connectivity index (χ0) is 11.4. The first kappa shape index (κ1) is 10.5. The lowest BCUT2D eigenvalue weighted by molar-refractivity contribution is 0.0929. The largest absolute Gasteiger partial charge is 0.357 e. The first-order valence-electron chi connectivity index (χ1n) is 5.24. The van der Waals surface area contributed by atoms with Gasteiger partial charge in [0.2, 0.25) is 0 Å². The Hall–Kier alpha value is -2.04. The Labute approximate surface area is 93.3 Å². The van der Waals surface area contributed by atoms with Gasteiger partial charge in [0.15, 0.2) is 0 Å². The molecule has 1 unspecified atom stereocenters. The number of hydrogen-bond acceptors (Lipinski definition) is 2. The van der Waals surface area contributed by atoms with E-state index < -0.39 is 0 Å². The third-order valence-electron chi connectivity index (χ3n) is 2.41. The SMILES string of the molecule is CCC(NC(=O)c1ccc[nH]1)c1ncc[nH]1. The lowest BCUT2D eigenvalue weighted by atomic mass is 10.2. The van der Waals surface area contributed by atoms with Gasteiger partial charge in [0, 0.05) is 18.6 Å². The van der Waals surface area contributed by atoms with E-state index in [-0.39, 0.29) is 11.9 Å². The van der Waals surface area contributed by atoms with Crippen LogP contribution in [-0.4, -0.2) is 20.9 Å². The summed E-state index contributed by atoms with van der Waals surface area (Å²) in [4.78, 5) is 21.8. The third kappa shape index (κ3) is 2.13. The van der Waals surface area contributed by atoms with Gasteiger partial charge in [-0.15, -0.1) is 0 Å². The Kier molecular flexibility index (Phi) is 3.05. The molecule has 0 spiro atoms. The van der Waals surface area contributed by atoms with Gasteiger partial charge in [-0.2, -0.15) is 0 Å². The molecule has 5 heteroatoms. The maximum atomic E-state index is 11.8. The molecule has 5 nitrogen and oxygen atoms in total. The summed E-state index contributed by atoms with van der Waals surface area (Å²) in [7, 11) is 0. The standard InChI is InChI=1S/C11H14N4O/c1-2-8(10-13-6-7-14-10)15-11(16)9-4-3-5-12-9/h3-8,12H,2H2,1H3,(H,13,14)(H,15,16). The third-order valence-corrected chi connectivity index (χ3v) is 2.41. The van der Waals surface area contributed by atoms with E-state index in [4.69, 9.17) is 0 Å². The number of carbonyl (C=O) groups excluding carboxylic acids is 1. The number of rotatable bonds is 4. The van der Waals surface area contributed by atoms with Crippen molar-refractivity contribution < 1.29 is 4.79 Å². The topological polar surface area (TPSA) is 73.6 Å². The summed E-state index contributed by atoms with van der Waals surface area (Å²) < 4.78 is 0. The molecule has 0 saturated heterocycles. The summed E-state index contributed by atoms with van der Waals surface area (Å²) in [6.07, 6.45) is 5.94. The van der Waals surface area contributed by atoms with Crippen molar-refractivity contribution in [3.8, 4) is 0 Å². The molecule has 2 aromatic heterocycles. The highest BCUT2D eigenvalue weighted by molar-refractivity contribution is 5.92. The zero-order valence-corrected chi connectivity index (χ0v) is 9.03. The molecule has 2 rings (SSSR count). The second kappa shape index (κ2) is 4.65. The monoisotopic (exact) mass is 218 g/mol. The van der Waals surface area contributed by atoms with Crippen LogP contribution in [0.25, 0.3) is 0 Å². The van der Waals surface area contributed by atoms with Crippen LogP contribution in [0.2, 0.25) is 0 Å². The van der Waals surface area contributed by atoms with Gasteiger partial charge >= 0.3 is 0 Å². The molecule has 0 radical (unpaired) electrons. The van der Waals surface area contributed by atoms with E-state index in [1.54, 1.807) is 30.7 Å². The average molecular weight is 218 g/mol. The number of carbonyl (C=O) groups is 1. The summed E-state index contributed by atoms with van der Waals surface area (Å²) in [5, 5.41) is 2.91. The van der Waals surface area contributed by atoms with Crippen molar-refractivity contribution in [3.63, 3.8) is 0 Å². The lowest BCUT2D eigenvalue weighted by Gasteiger charge is -2.13. The molecule has 0 aromatic carbocycles. The summed E-state index contributed by atoms with van der Waals surface area (Å²) in [6, 6.07) is 3.46. The van der Waals surface area contributed by atoms with Gasteiger partial charge in [0.1, 0.15) is 11.5 Å². The maximum absolute atomic E-state index is 11.8. The summed E-state index contributed by atoms with van der Waals surface area (Å²) in [5.41, 5.74) is 0.560. The molecular weight excluding hydrogens is 204 g/mol. The number of imidazole rings is 1.